The molecule has 0 spiro atoms. The molecule has 0 aromatic carbocycles. The predicted octanol–water partition coefficient (Wildman–Crippen LogP) is 1.85. The van der Waals surface area contributed by atoms with E-state index in [4.69, 9.17) is 0 Å². The first-order chi connectivity index (χ1) is 12.0. The number of pyridine rings is 1. The van der Waals surface area contributed by atoms with E-state index in [0.717, 1.165) is 25.2 Å². The molecule has 2 aliphatic rings. The number of rotatable bonds is 4. The summed E-state index contributed by atoms with van der Waals surface area (Å²) in [6.07, 6.45) is 1.29. The van der Waals surface area contributed by atoms with Crippen LogP contribution in [-0.2, 0) is 13.6 Å². The number of fused-ring (bicyclic) bond motifs is 2. The van der Waals surface area contributed by atoms with Gasteiger partial charge in [0.2, 0.25) is 0 Å². The number of nitrogens with zero attached hydrogens (tertiary/aromatic N) is 5. The fourth-order valence-electron chi connectivity index (χ4n) is 3.88. The second kappa shape index (κ2) is 6.18. The average Bonchev–Trinajstić information content (AvgIpc) is 3.28. The summed E-state index contributed by atoms with van der Waals surface area (Å²) in [5.41, 5.74) is 0.585. The van der Waals surface area contributed by atoms with Gasteiger partial charge in [-0.1, -0.05) is 6.07 Å². The molecule has 0 aliphatic carbocycles. The van der Waals surface area contributed by atoms with E-state index in [1.807, 2.05) is 18.2 Å². The summed E-state index contributed by atoms with van der Waals surface area (Å²) >= 11 is 0. The minimum atomic E-state index is -2.75. The van der Waals surface area contributed by atoms with Crippen LogP contribution in [-0.4, -0.2) is 55.6 Å². The lowest BCUT2D eigenvalue weighted by Gasteiger charge is -2.34. The zero-order valence-electron chi connectivity index (χ0n) is 13.8. The number of halogens is 2. The van der Waals surface area contributed by atoms with Gasteiger partial charge in [-0.15, -0.1) is 0 Å². The molecule has 6 nitrogen and oxygen atoms in total. The van der Waals surface area contributed by atoms with Crippen molar-refractivity contribution in [3.63, 3.8) is 0 Å². The van der Waals surface area contributed by atoms with Crippen molar-refractivity contribution in [2.24, 2.45) is 7.05 Å². The Bertz CT molecular complexity index is 779. The van der Waals surface area contributed by atoms with Crippen LogP contribution in [0.1, 0.15) is 34.6 Å². The number of hydrogen-bond donors (Lipinski definition) is 0. The van der Waals surface area contributed by atoms with Crippen molar-refractivity contribution in [2.75, 3.05) is 13.1 Å². The van der Waals surface area contributed by atoms with E-state index in [1.54, 1.807) is 18.1 Å². The summed E-state index contributed by atoms with van der Waals surface area (Å²) < 4.78 is 27.5. The number of carbonyl (C=O) groups is 1. The minimum absolute atomic E-state index is 0.0151. The maximum atomic E-state index is 13.1. The number of alkyl halides is 2. The molecule has 2 saturated heterocycles. The third-order valence-electron chi connectivity index (χ3n) is 5.00. The molecule has 2 aliphatic heterocycles. The topological polar surface area (TPSA) is 54.3 Å². The van der Waals surface area contributed by atoms with Crippen LogP contribution in [0.15, 0.2) is 30.6 Å². The molecular formula is C17H19F2N5O. The first kappa shape index (κ1) is 16.1. The highest BCUT2D eigenvalue weighted by Crippen LogP contribution is 2.33. The molecule has 4 rings (SSSR count). The molecule has 25 heavy (non-hydrogen) atoms. The van der Waals surface area contributed by atoms with Gasteiger partial charge in [-0.2, -0.15) is 5.10 Å². The molecule has 2 aromatic rings. The van der Waals surface area contributed by atoms with E-state index in [0.29, 0.717) is 6.54 Å². The molecule has 2 atom stereocenters. The highest BCUT2D eigenvalue weighted by molar-refractivity contribution is 5.95. The van der Waals surface area contributed by atoms with Gasteiger partial charge in [-0.05, 0) is 18.6 Å². The van der Waals surface area contributed by atoms with Crippen molar-refractivity contribution in [3.8, 4) is 0 Å². The van der Waals surface area contributed by atoms with Crippen LogP contribution >= 0.6 is 0 Å². The smallest absolute Gasteiger partial charge is 0.282 e. The van der Waals surface area contributed by atoms with Gasteiger partial charge in [0.05, 0.1) is 11.3 Å². The quantitative estimate of drug-likeness (QED) is 0.847. The molecule has 1 amide bonds. The van der Waals surface area contributed by atoms with Gasteiger partial charge in [-0.3, -0.25) is 19.4 Å². The van der Waals surface area contributed by atoms with Crippen molar-refractivity contribution in [1.82, 2.24) is 24.6 Å². The van der Waals surface area contributed by atoms with Gasteiger partial charge < -0.3 is 4.90 Å². The molecule has 4 heterocycles. The third kappa shape index (κ3) is 2.90. The van der Waals surface area contributed by atoms with Gasteiger partial charge in [-0.25, -0.2) is 8.78 Å². The Kier molecular flexibility index (Phi) is 3.99. The van der Waals surface area contributed by atoms with Crippen molar-refractivity contribution in [1.29, 1.82) is 0 Å². The predicted molar refractivity (Wildman–Crippen MR) is 86.0 cm³/mol. The van der Waals surface area contributed by atoms with Gasteiger partial charge in [0, 0.05) is 51.2 Å². The SMILES string of the molecule is Cn1cc(C(=O)N2C[C@@H]3C[C@H]2CN3Cc2ccccn2)c(C(F)F)n1. The average molecular weight is 347 g/mol. The Hall–Kier alpha value is -2.35. The van der Waals surface area contributed by atoms with Crippen LogP contribution < -0.4 is 0 Å². The van der Waals surface area contributed by atoms with Crippen molar-refractivity contribution in [2.45, 2.75) is 31.5 Å². The van der Waals surface area contributed by atoms with Crippen LogP contribution in [0.2, 0.25) is 0 Å². The molecule has 0 unspecified atom stereocenters. The third-order valence-corrected chi connectivity index (χ3v) is 5.00. The molecule has 2 aromatic heterocycles. The lowest BCUT2D eigenvalue weighted by atomic mass is 10.2. The first-order valence-corrected chi connectivity index (χ1v) is 8.29. The van der Waals surface area contributed by atoms with Crippen molar-refractivity contribution < 1.29 is 13.6 Å². The van der Waals surface area contributed by atoms with Crippen molar-refractivity contribution in [3.05, 3.63) is 47.5 Å². The van der Waals surface area contributed by atoms with Crippen LogP contribution in [0, 0.1) is 0 Å². The van der Waals surface area contributed by atoms with Gasteiger partial charge in [0.15, 0.2) is 0 Å². The number of aromatic nitrogens is 3. The summed E-state index contributed by atoms with van der Waals surface area (Å²) in [4.78, 5) is 21.1. The maximum absolute atomic E-state index is 13.1. The van der Waals surface area contributed by atoms with Gasteiger partial charge >= 0.3 is 0 Å². The van der Waals surface area contributed by atoms with Crippen LogP contribution in [0.25, 0.3) is 0 Å². The monoisotopic (exact) mass is 347 g/mol. The maximum Gasteiger partial charge on any atom is 0.282 e. The second-order valence-electron chi connectivity index (χ2n) is 6.65. The van der Waals surface area contributed by atoms with Gasteiger partial charge in [0.25, 0.3) is 12.3 Å². The molecule has 0 radical (unpaired) electrons. The zero-order chi connectivity index (χ0) is 17.6. The van der Waals surface area contributed by atoms with Crippen LogP contribution in [0.4, 0.5) is 8.78 Å². The van der Waals surface area contributed by atoms with Crippen LogP contribution in [0.3, 0.4) is 0 Å². The standard InChI is InChI=1S/C17H19F2N5O/c1-22-10-14(15(21-22)16(18)19)17(25)24-9-12-6-13(24)8-23(12)7-11-4-2-3-5-20-11/h2-5,10,12-13,16H,6-9H2,1H3/t12-,13-/m0/s1. The summed E-state index contributed by atoms with van der Waals surface area (Å²) in [7, 11) is 1.55. The lowest BCUT2D eigenvalue weighted by molar-refractivity contribution is 0.0604. The number of hydrogen-bond acceptors (Lipinski definition) is 4. The normalized spacial score (nSPS) is 23.0. The first-order valence-electron chi connectivity index (χ1n) is 8.29. The second-order valence-corrected chi connectivity index (χ2v) is 6.65. The Balaban J connectivity index is 1.46. The van der Waals surface area contributed by atoms with E-state index in [9.17, 15) is 13.6 Å². The molecule has 132 valence electrons. The van der Waals surface area contributed by atoms with E-state index < -0.39 is 12.1 Å². The Morgan fingerprint density at radius 1 is 1.32 bits per heavy atom. The molecule has 8 heteroatoms. The highest BCUT2D eigenvalue weighted by Gasteiger charge is 2.46. The molecule has 0 N–H and O–H groups in total. The van der Waals surface area contributed by atoms with Gasteiger partial charge in [0.1, 0.15) is 5.69 Å². The minimum Gasteiger partial charge on any atom is -0.333 e. The molecular weight excluding hydrogens is 328 g/mol. The summed E-state index contributed by atoms with van der Waals surface area (Å²) in [5, 5.41) is 3.74. The van der Waals surface area contributed by atoms with E-state index in [-0.39, 0.29) is 23.6 Å². The molecule has 2 fully saturated rings. The fraction of sp³-hybridized carbons (Fsp3) is 0.471. The number of carbonyl (C=O) groups excluding carboxylic acids is 1. The number of likely N-dealkylation sites (tertiary alicyclic amines) is 2. The number of aryl methyl sites for hydroxylation is 1. The highest BCUT2D eigenvalue weighted by atomic mass is 19.3. The molecule has 0 saturated carbocycles. The zero-order valence-corrected chi connectivity index (χ0v) is 13.8. The van der Waals surface area contributed by atoms with Crippen molar-refractivity contribution >= 4 is 5.91 Å². The number of piperazine rings is 1. The lowest BCUT2D eigenvalue weighted by Crippen LogP contribution is -2.48. The summed E-state index contributed by atoms with van der Waals surface area (Å²) in [6, 6.07) is 6.14. The summed E-state index contributed by atoms with van der Waals surface area (Å²) in [5.74, 6) is -0.339. The largest absolute Gasteiger partial charge is 0.333 e. The fourth-order valence-corrected chi connectivity index (χ4v) is 3.88. The van der Waals surface area contributed by atoms with E-state index >= 15 is 0 Å². The Morgan fingerprint density at radius 3 is 2.80 bits per heavy atom. The molecule has 2 bridgehead atoms. The Labute approximate surface area is 144 Å². The number of amides is 1. The van der Waals surface area contributed by atoms with Crippen LogP contribution in [0.5, 0.6) is 0 Å². The van der Waals surface area contributed by atoms with E-state index in [1.165, 1.54) is 10.9 Å². The van der Waals surface area contributed by atoms with E-state index in [2.05, 4.69) is 15.0 Å². The Morgan fingerprint density at radius 2 is 2.16 bits per heavy atom. The summed E-state index contributed by atoms with van der Waals surface area (Å²) in [6.45, 7) is 2.06.